The number of hydrogen-bond acceptors (Lipinski definition) is 1. The molecule has 0 aromatic heterocycles. The second-order valence-corrected chi connectivity index (χ2v) is 4.35. The number of carbonyl (C=O) groups is 1. The summed E-state index contributed by atoms with van der Waals surface area (Å²) < 4.78 is 1.83. The van der Waals surface area contributed by atoms with Crippen LogP contribution in [0.3, 0.4) is 0 Å². The van der Waals surface area contributed by atoms with Crippen LogP contribution in [0.4, 0.5) is 0 Å². The third kappa shape index (κ3) is 1.96. The molecule has 0 N–H and O–H groups in total. The van der Waals surface area contributed by atoms with Crippen LogP contribution in [-0.4, -0.2) is 5.78 Å². The molecule has 3 heteroatoms. The molecular formula is C9H8Br2O. The number of benzene rings is 1. The highest BCUT2D eigenvalue weighted by molar-refractivity contribution is 9.11. The van der Waals surface area contributed by atoms with Crippen molar-refractivity contribution >= 4 is 37.6 Å². The van der Waals surface area contributed by atoms with E-state index in [1.165, 1.54) is 0 Å². The van der Waals surface area contributed by atoms with Gasteiger partial charge in [0, 0.05) is 14.5 Å². The van der Waals surface area contributed by atoms with E-state index in [1.54, 1.807) is 6.92 Å². The van der Waals surface area contributed by atoms with Crippen molar-refractivity contribution in [1.29, 1.82) is 0 Å². The number of halogens is 2. The van der Waals surface area contributed by atoms with Crippen molar-refractivity contribution in [3.05, 3.63) is 32.2 Å². The maximum Gasteiger partial charge on any atom is 0.160 e. The molecule has 1 aromatic carbocycles. The number of Topliss-reactive ketones (excluding diaryl/α,β-unsaturated/α-hetero) is 1. The molecule has 0 aliphatic rings. The molecule has 12 heavy (non-hydrogen) atoms. The molecule has 1 rings (SSSR count). The Balaban J connectivity index is 3.33. The molecule has 0 radical (unpaired) electrons. The highest BCUT2D eigenvalue weighted by Gasteiger charge is 2.07. The summed E-state index contributed by atoms with van der Waals surface area (Å²) in [6, 6.07) is 3.77. The Morgan fingerprint density at radius 3 is 2.33 bits per heavy atom. The Kier molecular flexibility index (Phi) is 3.07. The average molecular weight is 292 g/mol. The van der Waals surface area contributed by atoms with E-state index in [1.807, 2.05) is 19.1 Å². The first-order chi connectivity index (χ1) is 5.52. The molecule has 64 valence electrons. The number of hydrogen-bond donors (Lipinski definition) is 0. The molecule has 0 bridgehead atoms. The molecule has 1 nitrogen and oxygen atoms in total. The fourth-order valence-electron chi connectivity index (χ4n) is 0.916. The van der Waals surface area contributed by atoms with E-state index in [4.69, 9.17) is 0 Å². The Hall–Kier alpha value is -0.150. The number of carbonyl (C=O) groups excluding carboxylic acids is 1. The summed E-state index contributed by atoms with van der Waals surface area (Å²) in [5.74, 6) is 0.0718. The zero-order valence-corrected chi connectivity index (χ0v) is 9.99. The van der Waals surface area contributed by atoms with E-state index in [-0.39, 0.29) is 5.78 Å². The first-order valence-electron chi connectivity index (χ1n) is 3.49. The van der Waals surface area contributed by atoms with Crippen LogP contribution in [0.15, 0.2) is 21.1 Å². The first kappa shape index (κ1) is 9.93. The van der Waals surface area contributed by atoms with Crippen molar-refractivity contribution in [2.75, 3.05) is 0 Å². The zero-order chi connectivity index (χ0) is 9.30. The van der Waals surface area contributed by atoms with E-state index >= 15 is 0 Å². The van der Waals surface area contributed by atoms with Crippen LogP contribution in [0.5, 0.6) is 0 Å². The van der Waals surface area contributed by atoms with Gasteiger partial charge in [-0.05, 0) is 31.5 Å². The summed E-state index contributed by atoms with van der Waals surface area (Å²) in [6.07, 6.45) is 0. The molecule has 0 heterocycles. The quantitative estimate of drug-likeness (QED) is 0.721. The van der Waals surface area contributed by atoms with E-state index in [0.717, 1.165) is 14.5 Å². The second-order valence-electron chi connectivity index (χ2n) is 2.64. The van der Waals surface area contributed by atoms with Crippen LogP contribution in [0, 0.1) is 6.92 Å². The lowest BCUT2D eigenvalue weighted by Gasteiger charge is -2.03. The number of rotatable bonds is 1. The lowest BCUT2D eigenvalue weighted by Crippen LogP contribution is -1.94. The zero-order valence-electron chi connectivity index (χ0n) is 6.82. The third-order valence-corrected chi connectivity index (χ3v) is 3.14. The van der Waals surface area contributed by atoms with Crippen LogP contribution in [0.2, 0.25) is 0 Å². The molecule has 0 saturated heterocycles. The SMILES string of the molecule is CC(=O)c1cc(Br)c(C)cc1Br. The molecule has 0 unspecified atom stereocenters. The fraction of sp³-hybridized carbons (Fsp3) is 0.222. The minimum Gasteiger partial charge on any atom is -0.294 e. The Labute approximate surface area is 88.4 Å². The van der Waals surface area contributed by atoms with Gasteiger partial charge >= 0.3 is 0 Å². The normalized spacial score (nSPS) is 10.0. The lowest BCUT2D eigenvalue weighted by atomic mass is 10.1. The molecule has 1 aromatic rings. The molecule has 0 saturated carbocycles. The Bertz CT molecular complexity index is 332. The van der Waals surface area contributed by atoms with E-state index in [0.29, 0.717) is 5.56 Å². The van der Waals surface area contributed by atoms with Crippen molar-refractivity contribution < 1.29 is 4.79 Å². The van der Waals surface area contributed by atoms with Crippen molar-refractivity contribution in [1.82, 2.24) is 0 Å². The van der Waals surface area contributed by atoms with Gasteiger partial charge in [-0.2, -0.15) is 0 Å². The van der Waals surface area contributed by atoms with Crippen molar-refractivity contribution in [3.63, 3.8) is 0 Å². The van der Waals surface area contributed by atoms with Gasteiger partial charge in [0.1, 0.15) is 0 Å². The van der Waals surface area contributed by atoms with Crippen LogP contribution < -0.4 is 0 Å². The van der Waals surface area contributed by atoms with Gasteiger partial charge in [0.2, 0.25) is 0 Å². The maximum absolute atomic E-state index is 11.1. The molecular weight excluding hydrogens is 284 g/mol. The summed E-state index contributed by atoms with van der Waals surface area (Å²) in [5, 5.41) is 0. The van der Waals surface area contributed by atoms with Gasteiger partial charge in [0.05, 0.1) is 0 Å². The van der Waals surface area contributed by atoms with Gasteiger partial charge in [-0.1, -0.05) is 31.9 Å². The lowest BCUT2D eigenvalue weighted by molar-refractivity contribution is 0.101. The highest BCUT2D eigenvalue weighted by Crippen LogP contribution is 2.25. The highest BCUT2D eigenvalue weighted by atomic mass is 79.9. The van der Waals surface area contributed by atoms with Gasteiger partial charge in [-0.3, -0.25) is 4.79 Å². The van der Waals surface area contributed by atoms with Crippen molar-refractivity contribution in [2.45, 2.75) is 13.8 Å². The van der Waals surface area contributed by atoms with Gasteiger partial charge in [0.15, 0.2) is 5.78 Å². The summed E-state index contributed by atoms with van der Waals surface area (Å²) in [7, 11) is 0. The summed E-state index contributed by atoms with van der Waals surface area (Å²) in [6.45, 7) is 3.54. The minimum atomic E-state index is 0.0718. The molecule has 0 atom stereocenters. The standard InChI is InChI=1S/C9H8Br2O/c1-5-3-9(11)7(6(2)12)4-8(5)10/h3-4H,1-2H3. The number of ketones is 1. The van der Waals surface area contributed by atoms with E-state index in [9.17, 15) is 4.79 Å². The van der Waals surface area contributed by atoms with Gasteiger partial charge in [-0.25, -0.2) is 0 Å². The minimum absolute atomic E-state index is 0.0718. The molecule has 0 amide bonds. The van der Waals surface area contributed by atoms with E-state index in [2.05, 4.69) is 31.9 Å². The predicted molar refractivity (Wildman–Crippen MR) is 56.6 cm³/mol. The smallest absolute Gasteiger partial charge is 0.160 e. The van der Waals surface area contributed by atoms with Crippen LogP contribution in [0.1, 0.15) is 22.8 Å². The van der Waals surface area contributed by atoms with Crippen molar-refractivity contribution in [2.24, 2.45) is 0 Å². The van der Waals surface area contributed by atoms with Crippen LogP contribution in [-0.2, 0) is 0 Å². The van der Waals surface area contributed by atoms with Gasteiger partial charge < -0.3 is 0 Å². The molecule has 0 aliphatic heterocycles. The van der Waals surface area contributed by atoms with E-state index < -0.39 is 0 Å². The van der Waals surface area contributed by atoms with Gasteiger partial charge in [0.25, 0.3) is 0 Å². The average Bonchev–Trinajstić information content (AvgIpc) is 1.96. The maximum atomic E-state index is 11.1. The summed E-state index contributed by atoms with van der Waals surface area (Å²) in [4.78, 5) is 11.1. The Morgan fingerprint density at radius 1 is 1.25 bits per heavy atom. The fourth-order valence-corrected chi connectivity index (χ4v) is 2.00. The monoisotopic (exact) mass is 290 g/mol. The van der Waals surface area contributed by atoms with Gasteiger partial charge in [-0.15, -0.1) is 0 Å². The Morgan fingerprint density at radius 2 is 1.83 bits per heavy atom. The summed E-state index contributed by atoms with van der Waals surface area (Å²) in [5.41, 5.74) is 1.83. The van der Waals surface area contributed by atoms with Crippen LogP contribution >= 0.6 is 31.9 Å². The third-order valence-electron chi connectivity index (χ3n) is 1.63. The largest absolute Gasteiger partial charge is 0.294 e. The second kappa shape index (κ2) is 3.71. The topological polar surface area (TPSA) is 17.1 Å². The molecule has 0 aliphatic carbocycles. The first-order valence-corrected chi connectivity index (χ1v) is 5.07. The predicted octanol–water partition coefficient (Wildman–Crippen LogP) is 3.72. The summed E-state index contributed by atoms with van der Waals surface area (Å²) >= 11 is 6.72. The van der Waals surface area contributed by atoms with Crippen molar-refractivity contribution in [3.8, 4) is 0 Å². The number of aryl methyl sites for hydroxylation is 1. The van der Waals surface area contributed by atoms with Crippen LogP contribution in [0.25, 0.3) is 0 Å². The molecule has 0 spiro atoms. The molecule has 0 fully saturated rings.